The number of amides is 2. The molecule has 2 aromatic rings. The summed E-state index contributed by atoms with van der Waals surface area (Å²) in [5.41, 5.74) is 1.84. The summed E-state index contributed by atoms with van der Waals surface area (Å²) in [6, 6.07) is 15.8. The van der Waals surface area contributed by atoms with E-state index in [1.165, 1.54) is 0 Å². The normalized spacial score (nSPS) is 9.89. The second-order valence-corrected chi connectivity index (χ2v) is 6.11. The van der Waals surface area contributed by atoms with Crippen LogP contribution in [0.5, 0.6) is 0 Å². The predicted molar refractivity (Wildman–Crippen MR) is 111 cm³/mol. The van der Waals surface area contributed by atoms with Gasteiger partial charge in [-0.25, -0.2) is 0 Å². The summed E-state index contributed by atoms with van der Waals surface area (Å²) in [6.45, 7) is 1.98. The van der Waals surface area contributed by atoms with Crippen molar-refractivity contribution in [3.05, 3.63) is 60.2 Å². The fourth-order valence-electron chi connectivity index (χ4n) is 2.23. The highest BCUT2D eigenvalue weighted by atomic mass is 32.1. The van der Waals surface area contributed by atoms with Gasteiger partial charge >= 0.3 is 5.97 Å². The van der Waals surface area contributed by atoms with Crippen LogP contribution in [0.25, 0.3) is 0 Å². The number of carbonyl (C=O) groups is 3. The van der Waals surface area contributed by atoms with Crippen molar-refractivity contribution in [3.63, 3.8) is 0 Å². The summed E-state index contributed by atoms with van der Waals surface area (Å²) < 4.78 is 4.76. The summed E-state index contributed by atoms with van der Waals surface area (Å²) in [6.07, 6.45) is -0.0107. The number of anilines is 2. The Bertz CT molecular complexity index is 838. The molecule has 0 heterocycles. The minimum Gasteiger partial charge on any atom is -0.466 e. The van der Waals surface area contributed by atoms with Gasteiger partial charge < -0.3 is 20.7 Å². The first-order valence-electron chi connectivity index (χ1n) is 8.71. The summed E-state index contributed by atoms with van der Waals surface area (Å²) >= 11 is 5.08. The molecule has 0 fully saturated rings. The number of carbonyl (C=O) groups excluding carboxylic acids is 3. The van der Waals surface area contributed by atoms with Crippen LogP contribution in [0.3, 0.4) is 0 Å². The van der Waals surface area contributed by atoms with Crippen LogP contribution >= 0.6 is 12.2 Å². The molecule has 0 saturated carbocycles. The number of nitrogens with one attached hydrogen (secondary N) is 3. The SMILES string of the molecule is CCOC(=O)CCC(=O)NC(=S)Nc1ccc(NC(=O)c2ccccc2)cc1. The maximum absolute atomic E-state index is 12.1. The molecule has 7 nitrogen and oxygen atoms in total. The first-order valence-corrected chi connectivity index (χ1v) is 9.11. The molecule has 0 aliphatic rings. The number of hydrogen-bond donors (Lipinski definition) is 3. The average molecular weight is 399 g/mol. The van der Waals surface area contributed by atoms with Crippen LogP contribution in [-0.2, 0) is 14.3 Å². The van der Waals surface area contributed by atoms with Gasteiger partial charge in [-0.1, -0.05) is 18.2 Å². The van der Waals surface area contributed by atoms with Crippen LogP contribution in [0.4, 0.5) is 11.4 Å². The Morgan fingerprint density at radius 2 is 1.50 bits per heavy atom. The number of esters is 1. The lowest BCUT2D eigenvalue weighted by Crippen LogP contribution is -2.34. The van der Waals surface area contributed by atoms with Crippen molar-refractivity contribution in [2.45, 2.75) is 19.8 Å². The van der Waals surface area contributed by atoms with Gasteiger partial charge in [-0.2, -0.15) is 0 Å². The molecular weight excluding hydrogens is 378 g/mol. The summed E-state index contributed by atoms with van der Waals surface area (Å²) in [5, 5.41) is 8.28. The van der Waals surface area contributed by atoms with Crippen LogP contribution in [0.1, 0.15) is 30.1 Å². The van der Waals surface area contributed by atoms with Gasteiger partial charge in [0, 0.05) is 23.4 Å². The van der Waals surface area contributed by atoms with Gasteiger partial charge in [0.15, 0.2) is 5.11 Å². The van der Waals surface area contributed by atoms with E-state index in [1.807, 2.05) is 6.07 Å². The molecule has 0 unspecified atom stereocenters. The van der Waals surface area contributed by atoms with Crippen molar-refractivity contribution >= 4 is 46.5 Å². The predicted octanol–water partition coefficient (Wildman–Crippen LogP) is 3.10. The Morgan fingerprint density at radius 3 is 2.11 bits per heavy atom. The zero-order valence-electron chi connectivity index (χ0n) is 15.4. The zero-order valence-corrected chi connectivity index (χ0v) is 16.2. The van der Waals surface area contributed by atoms with E-state index in [1.54, 1.807) is 55.5 Å². The van der Waals surface area contributed by atoms with E-state index in [0.717, 1.165) is 0 Å². The highest BCUT2D eigenvalue weighted by molar-refractivity contribution is 7.80. The molecule has 0 aliphatic carbocycles. The fraction of sp³-hybridized carbons (Fsp3) is 0.200. The fourth-order valence-corrected chi connectivity index (χ4v) is 2.46. The van der Waals surface area contributed by atoms with Gasteiger partial charge in [-0.3, -0.25) is 14.4 Å². The molecule has 2 rings (SSSR count). The molecule has 0 saturated heterocycles. The van der Waals surface area contributed by atoms with Crippen LogP contribution in [0.2, 0.25) is 0 Å². The van der Waals surface area contributed by atoms with Crippen molar-refractivity contribution in [1.82, 2.24) is 5.32 Å². The standard InChI is InChI=1S/C20H21N3O4S/c1-2-27-18(25)13-12-17(24)23-20(28)22-16-10-8-15(9-11-16)21-19(26)14-6-4-3-5-7-14/h3-11H,2,12-13H2,1H3,(H,21,26)(H2,22,23,24,28). The van der Waals surface area contributed by atoms with Crippen LogP contribution in [-0.4, -0.2) is 29.5 Å². The molecule has 28 heavy (non-hydrogen) atoms. The number of thiocarbonyl (C=S) groups is 1. The molecule has 0 radical (unpaired) electrons. The zero-order chi connectivity index (χ0) is 20.4. The molecule has 146 valence electrons. The van der Waals surface area contributed by atoms with Gasteiger partial charge in [0.25, 0.3) is 5.91 Å². The third kappa shape index (κ3) is 7.16. The van der Waals surface area contributed by atoms with E-state index < -0.39 is 5.97 Å². The quantitative estimate of drug-likeness (QED) is 0.489. The molecule has 0 aliphatic heterocycles. The largest absolute Gasteiger partial charge is 0.466 e. The second kappa shape index (κ2) is 10.8. The lowest BCUT2D eigenvalue weighted by atomic mass is 10.2. The lowest BCUT2D eigenvalue weighted by molar-refractivity contribution is -0.144. The van der Waals surface area contributed by atoms with Crippen LogP contribution in [0.15, 0.2) is 54.6 Å². The molecule has 0 atom stereocenters. The van der Waals surface area contributed by atoms with Gasteiger partial charge in [0.05, 0.1) is 13.0 Å². The van der Waals surface area contributed by atoms with Gasteiger partial charge in [0.1, 0.15) is 0 Å². The third-order valence-electron chi connectivity index (χ3n) is 3.55. The lowest BCUT2D eigenvalue weighted by Gasteiger charge is -2.10. The maximum Gasteiger partial charge on any atom is 0.306 e. The van der Waals surface area contributed by atoms with E-state index in [2.05, 4.69) is 16.0 Å². The monoisotopic (exact) mass is 399 g/mol. The number of ether oxygens (including phenoxy) is 1. The molecule has 2 amide bonds. The second-order valence-electron chi connectivity index (χ2n) is 5.70. The Kier molecular flexibility index (Phi) is 8.11. The van der Waals surface area contributed by atoms with Crippen molar-refractivity contribution in [2.75, 3.05) is 17.2 Å². The smallest absolute Gasteiger partial charge is 0.306 e. The van der Waals surface area contributed by atoms with Crippen LogP contribution < -0.4 is 16.0 Å². The topological polar surface area (TPSA) is 96.5 Å². The number of rotatable bonds is 7. The van der Waals surface area contributed by atoms with Gasteiger partial charge in [0.2, 0.25) is 5.91 Å². The minimum absolute atomic E-state index is 0.00189. The minimum atomic E-state index is -0.426. The van der Waals surface area contributed by atoms with E-state index in [4.69, 9.17) is 17.0 Å². The highest BCUT2D eigenvalue weighted by Crippen LogP contribution is 2.14. The highest BCUT2D eigenvalue weighted by Gasteiger charge is 2.09. The van der Waals surface area contributed by atoms with E-state index in [-0.39, 0.29) is 36.4 Å². The van der Waals surface area contributed by atoms with E-state index >= 15 is 0 Å². The Balaban J connectivity index is 1.80. The van der Waals surface area contributed by atoms with Crippen molar-refractivity contribution < 1.29 is 19.1 Å². The Hall–Kier alpha value is -3.26. The molecule has 0 aromatic heterocycles. The molecular formula is C20H21N3O4S. The van der Waals surface area contributed by atoms with Crippen molar-refractivity contribution in [2.24, 2.45) is 0 Å². The third-order valence-corrected chi connectivity index (χ3v) is 3.76. The molecule has 3 N–H and O–H groups in total. The Labute approximate surface area is 168 Å². The maximum atomic E-state index is 12.1. The molecule has 0 spiro atoms. The number of hydrogen-bond acceptors (Lipinski definition) is 5. The summed E-state index contributed by atoms with van der Waals surface area (Å²) in [4.78, 5) is 35.1. The van der Waals surface area contributed by atoms with Gasteiger partial charge in [-0.15, -0.1) is 0 Å². The van der Waals surface area contributed by atoms with Crippen molar-refractivity contribution in [1.29, 1.82) is 0 Å². The summed E-state index contributed by atoms with van der Waals surface area (Å²) in [7, 11) is 0. The first kappa shape index (κ1) is 21.0. The summed E-state index contributed by atoms with van der Waals surface area (Å²) in [5.74, 6) is -1.01. The molecule has 0 bridgehead atoms. The van der Waals surface area contributed by atoms with Crippen molar-refractivity contribution in [3.8, 4) is 0 Å². The van der Waals surface area contributed by atoms with E-state index in [0.29, 0.717) is 16.9 Å². The Morgan fingerprint density at radius 1 is 0.893 bits per heavy atom. The van der Waals surface area contributed by atoms with E-state index in [9.17, 15) is 14.4 Å². The first-order chi connectivity index (χ1) is 13.5. The van der Waals surface area contributed by atoms with Gasteiger partial charge in [-0.05, 0) is 55.5 Å². The molecule has 2 aromatic carbocycles. The number of benzene rings is 2. The average Bonchev–Trinajstić information content (AvgIpc) is 2.69. The van der Waals surface area contributed by atoms with Crippen LogP contribution in [0, 0.1) is 0 Å². The molecule has 8 heteroatoms.